The van der Waals surface area contributed by atoms with Crippen LogP contribution in [0, 0.1) is 5.82 Å². The van der Waals surface area contributed by atoms with Gasteiger partial charge in [-0.05, 0) is 18.2 Å². The molecule has 0 bridgehead atoms. The van der Waals surface area contributed by atoms with Crippen molar-refractivity contribution >= 4 is 11.8 Å². The van der Waals surface area contributed by atoms with E-state index >= 15 is 0 Å². The molecule has 0 radical (unpaired) electrons. The molecule has 2 saturated heterocycles. The van der Waals surface area contributed by atoms with Crippen LogP contribution in [0.5, 0.6) is 0 Å². The zero-order chi connectivity index (χ0) is 16.5. The number of carbonyl (C=O) groups is 1. The minimum Gasteiger partial charge on any atom is -0.317 e. The van der Waals surface area contributed by atoms with Gasteiger partial charge in [0.05, 0.1) is 12.6 Å². The van der Waals surface area contributed by atoms with E-state index in [0.717, 1.165) is 13.1 Å². The predicted octanol–water partition coefficient (Wildman–Crippen LogP) is 2.35. The van der Waals surface area contributed by atoms with E-state index in [1.165, 1.54) is 6.07 Å². The monoisotopic (exact) mass is 326 g/mol. The molecule has 2 aliphatic rings. The molecule has 0 aliphatic carbocycles. The van der Waals surface area contributed by atoms with Gasteiger partial charge in [0, 0.05) is 37.9 Å². The Morgan fingerprint density at radius 1 is 1.08 bits per heavy atom. The van der Waals surface area contributed by atoms with E-state index in [9.17, 15) is 9.18 Å². The standard InChI is InChI=1S/C18H19FN4O/c19-16-6-2-1-5-14(16)11-21-9-10-22-15(12-21)13-23(18(22)24)17-7-3-4-8-20-17/h1-8,15H,9-13H2. The molecule has 0 spiro atoms. The van der Waals surface area contributed by atoms with E-state index in [0.29, 0.717) is 31.0 Å². The Kier molecular flexibility index (Phi) is 3.90. The largest absolute Gasteiger partial charge is 0.326 e. The van der Waals surface area contributed by atoms with E-state index in [4.69, 9.17) is 0 Å². The first-order chi connectivity index (χ1) is 11.7. The second-order valence-electron chi connectivity index (χ2n) is 6.25. The SMILES string of the molecule is O=C1N(c2ccccn2)CC2CN(Cc3ccccc3F)CCN12. The minimum absolute atomic E-state index is 0.0178. The zero-order valence-electron chi connectivity index (χ0n) is 13.3. The summed E-state index contributed by atoms with van der Waals surface area (Å²) in [7, 11) is 0. The molecule has 1 aromatic heterocycles. The summed E-state index contributed by atoms with van der Waals surface area (Å²) in [6.45, 7) is 3.38. The molecule has 124 valence electrons. The van der Waals surface area contributed by atoms with Crippen LogP contribution >= 0.6 is 0 Å². The Morgan fingerprint density at radius 3 is 2.71 bits per heavy atom. The smallest absolute Gasteiger partial charge is 0.317 e. The second kappa shape index (κ2) is 6.20. The lowest BCUT2D eigenvalue weighted by Crippen LogP contribution is -2.51. The van der Waals surface area contributed by atoms with Crippen molar-refractivity contribution in [3.05, 3.63) is 60.0 Å². The highest BCUT2D eigenvalue weighted by Gasteiger charge is 2.41. The summed E-state index contributed by atoms with van der Waals surface area (Å²) in [4.78, 5) is 22.7. The third-order valence-corrected chi connectivity index (χ3v) is 4.71. The molecule has 2 amide bonds. The number of amides is 2. The predicted molar refractivity (Wildman–Crippen MR) is 89.2 cm³/mol. The number of halogens is 1. The van der Waals surface area contributed by atoms with Crippen LogP contribution < -0.4 is 4.90 Å². The van der Waals surface area contributed by atoms with E-state index in [1.807, 2.05) is 35.2 Å². The van der Waals surface area contributed by atoms with Gasteiger partial charge in [0.15, 0.2) is 0 Å². The molecule has 6 heteroatoms. The van der Waals surface area contributed by atoms with E-state index in [-0.39, 0.29) is 17.9 Å². The first kappa shape index (κ1) is 15.1. The molecule has 1 atom stereocenters. The Balaban J connectivity index is 1.46. The molecule has 0 saturated carbocycles. The van der Waals surface area contributed by atoms with Crippen molar-refractivity contribution in [2.75, 3.05) is 31.1 Å². The van der Waals surface area contributed by atoms with Gasteiger partial charge in [-0.15, -0.1) is 0 Å². The number of fused-ring (bicyclic) bond motifs is 1. The summed E-state index contributed by atoms with van der Waals surface area (Å²) in [6.07, 6.45) is 1.70. The number of urea groups is 1. The van der Waals surface area contributed by atoms with Crippen molar-refractivity contribution in [2.24, 2.45) is 0 Å². The van der Waals surface area contributed by atoms with Gasteiger partial charge in [0.1, 0.15) is 11.6 Å². The molecular formula is C18H19FN4O. The molecule has 2 fully saturated rings. The van der Waals surface area contributed by atoms with Gasteiger partial charge in [0.2, 0.25) is 0 Å². The number of anilines is 1. The lowest BCUT2D eigenvalue weighted by Gasteiger charge is -2.36. The van der Waals surface area contributed by atoms with Crippen LogP contribution in [-0.2, 0) is 6.54 Å². The summed E-state index contributed by atoms with van der Waals surface area (Å²) in [5.41, 5.74) is 0.705. The summed E-state index contributed by atoms with van der Waals surface area (Å²) in [6, 6.07) is 12.6. The van der Waals surface area contributed by atoms with E-state index in [1.54, 1.807) is 17.2 Å². The van der Waals surface area contributed by atoms with Crippen LogP contribution in [0.2, 0.25) is 0 Å². The fourth-order valence-electron chi connectivity index (χ4n) is 3.49. The van der Waals surface area contributed by atoms with Crippen molar-refractivity contribution in [1.82, 2.24) is 14.8 Å². The van der Waals surface area contributed by atoms with Crippen LogP contribution in [0.4, 0.5) is 15.0 Å². The number of pyridine rings is 1. The normalized spacial score (nSPS) is 21.2. The van der Waals surface area contributed by atoms with Gasteiger partial charge in [-0.1, -0.05) is 24.3 Å². The molecule has 2 aromatic rings. The van der Waals surface area contributed by atoms with Crippen LogP contribution in [0.15, 0.2) is 48.7 Å². The summed E-state index contributed by atoms with van der Waals surface area (Å²) in [5.74, 6) is 0.523. The molecule has 1 unspecified atom stereocenters. The van der Waals surface area contributed by atoms with Gasteiger partial charge in [-0.3, -0.25) is 9.80 Å². The summed E-state index contributed by atoms with van der Waals surface area (Å²) < 4.78 is 13.9. The van der Waals surface area contributed by atoms with E-state index < -0.39 is 0 Å². The first-order valence-electron chi connectivity index (χ1n) is 8.17. The zero-order valence-corrected chi connectivity index (χ0v) is 13.3. The third-order valence-electron chi connectivity index (χ3n) is 4.71. The number of hydrogen-bond acceptors (Lipinski definition) is 3. The number of benzene rings is 1. The number of hydrogen-bond donors (Lipinski definition) is 0. The number of rotatable bonds is 3. The topological polar surface area (TPSA) is 39.7 Å². The van der Waals surface area contributed by atoms with Gasteiger partial charge >= 0.3 is 6.03 Å². The fraction of sp³-hybridized carbons (Fsp3) is 0.333. The number of aromatic nitrogens is 1. The van der Waals surface area contributed by atoms with Crippen LogP contribution in [0.3, 0.4) is 0 Å². The molecule has 1 aromatic carbocycles. The number of piperazine rings is 1. The van der Waals surface area contributed by atoms with Crippen molar-refractivity contribution in [3.8, 4) is 0 Å². The highest BCUT2D eigenvalue weighted by Crippen LogP contribution is 2.25. The Labute approximate surface area is 140 Å². The van der Waals surface area contributed by atoms with Crippen molar-refractivity contribution in [3.63, 3.8) is 0 Å². The molecule has 2 aliphatic heterocycles. The molecular weight excluding hydrogens is 307 g/mol. The molecule has 24 heavy (non-hydrogen) atoms. The maximum Gasteiger partial charge on any atom is 0.326 e. The lowest BCUT2D eigenvalue weighted by molar-refractivity contribution is 0.116. The quantitative estimate of drug-likeness (QED) is 0.869. The molecule has 0 N–H and O–H groups in total. The van der Waals surface area contributed by atoms with Crippen LogP contribution in [-0.4, -0.2) is 53.0 Å². The molecule has 3 heterocycles. The average Bonchev–Trinajstić information content (AvgIpc) is 2.94. The maximum atomic E-state index is 13.9. The minimum atomic E-state index is -0.169. The van der Waals surface area contributed by atoms with E-state index in [2.05, 4.69) is 9.88 Å². The van der Waals surface area contributed by atoms with Gasteiger partial charge in [-0.25, -0.2) is 14.2 Å². The molecule has 4 rings (SSSR count). The second-order valence-corrected chi connectivity index (χ2v) is 6.25. The summed E-state index contributed by atoms with van der Waals surface area (Å²) >= 11 is 0. The Bertz CT molecular complexity index is 739. The Hall–Kier alpha value is -2.47. The van der Waals surface area contributed by atoms with Crippen molar-refractivity contribution in [1.29, 1.82) is 0 Å². The van der Waals surface area contributed by atoms with Crippen LogP contribution in [0.1, 0.15) is 5.56 Å². The van der Waals surface area contributed by atoms with Gasteiger partial charge < -0.3 is 4.90 Å². The van der Waals surface area contributed by atoms with Crippen molar-refractivity contribution in [2.45, 2.75) is 12.6 Å². The fourth-order valence-corrected chi connectivity index (χ4v) is 3.49. The third kappa shape index (κ3) is 2.73. The number of carbonyl (C=O) groups excluding carboxylic acids is 1. The van der Waals surface area contributed by atoms with Crippen molar-refractivity contribution < 1.29 is 9.18 Å². The Morgan fingerprint density at radius 2 is 1.92 bits per heavy atom. The van der Waals surface area contributed by atoms with Gasteiger partial charge in [-0.2, -0.15) is 0 Å². The van der Waals surface area contributed by atoms with Gasteiger partial charge in [0.25, 0.3) is 0 Å². The highest BCUT2D eigenvalue weighted by molar-refractivity contribution is 5.93. The number of nitrogens with zero attached hydrogens (tertiary/aromatic N) is 4. The molecule has 5 nitrogen and oxygen atoms in total. The first-order valence-corrected chi connectivity index (χ1v) is 8.17. The van der Waals surface area contributed by atoms with Crippen LogP contribution in [0.25, 0.3) is 0 Å². The lowest BCUT2D eigenvalue weighted by atomic mass is 10.1. The average molecular weight is 326 g/mol. The maximum absolute atomic E-state index is 13.9. The summed E-state index contributed by atoms with van der Waals surface area (Å²) in [5, 5.41) is 0. The highest BCUT2D eigenvalue weighted by atomic mass is 19.1.